The molecule has 0 spiro atoms. The number of rotatable bonds is 8. The first-order chi connectivity index (χ1) is 18.5. The molecule has 5 rings (SSSR count). The number of fused-ring (bicyclic) bond motifs is 1. The van der Waals surface area contributed by atoms with Crippen molar-refractivity contribution < 1.29 is 23.5 Å². The van der Waals surface area contributed by atoms with Gasteiger partial charge in [-0.2, -0.15) is 0 Å². The maximum absolute atomic E-state index is 13.7. The summed E-state index contributed by atoms with van der Waals surface area (Å²) in [6.07, 6.45) is 2.47. The fraction of sp³-hybridized carbons (Fsp3) is 0.379. The quantitative estimate of drug-likeness (QED) is 0.417. The smallest absolute Gasteiger partial charge is 0.322 e. The molecule has 0 radical (unpaired) electrons. The van der Waals surface area contributed by atoms with Crippen molar-refractivity contribution in [1.82, 2.24) is 9.80 Å². The number of carbonyl (C=O) groups is 2. The summed E-state index contributed by atoms with van der Waals surface area (Å²) in [7, 11) is 0. The minimum absolute atomic E-state index is 0.0654. The number of ether oxygens (including phenoxy) is 2. The fourth-order valence-electron chi connectivity index (χ4n) is 4.93. The Morgan fingerprint density at radius 2 is 1.95 bits per heavy atom. The van der Waals surface area contributed by atoms with E-state index in [9.17, 15) is 14.0 Å². The molecule has 1 N–H and O–H groups in total. The number of urea groups is 1. The van der Waals surface area contributed by atoms with Crippen LogP contribution in [0.25, 0.3) is 0 Å². The van der Waals surface area contributed by atoms with Crippen molar-refractivity contribution >= 4 is 29.0 Å². The van der Waals surface area contributed by atoms with E-state index in [-0.39, 0.29) is 43.1 Å². The molecule has 0 bridgehead atoms. The molecule has 3 aromatic rings. The summed E-state index contributed by atoms with van der Waals surface area (Å²) in [6.45, 7) is 3.71. The zero-order valence-electron chi connectivity index (χ0n) is 21.4. The molecule has 1 fully saturated rings. The third-order valence-corrected chi connectivity index (χ3v) is 8.00. The number of hydrogen-bond donors (Lipinski definition) is 1. The van der Waals surface area contributed by atoms with Crippen molar-refractivity contribution in [2.75, 3.05) is 38.2 Å². The average molecular weight is 538 g/mol. The molecule has 1 saturated heterocycles. The van der Waals surface area contributed by atoms with Gasteiger partial charge < -0.3 is 24.6 Å². The van der Waals surface area contributed by atoms with Crippen LogP contribution in [0.1, 0.15) is 34.9 Å². The molecule has 2 aliphatic heterocycles. The summed E-state index contributed by atoms with van der Waals surface area (Å²) >= 11 is 1.67. The van der Waals surface area contributed by atoms with E-state index in [0.717, 1.165) is 30.4 Å². The minimum atomic E-state index is -0.331. The number of carbonyl (C=O) groups excluding carboxylic acids is 2. The van der Waals surface area contributed by atoms with Gasteiger partial charge in [0, 0.05) is 30.3 Å². The Morgan fingerprint density at radius 1 is 1.16 bits per heavy atom. The summed E-state index contributed by atoms with van der Waals surface area (Å²) < 4.78 is 25.1. The van der Waals surface area contributed by atoms with Crippen LogP contribution in [-0.2, 0) is 16.0 Å². The average Bonchev–Trinajstić information content (AvgIpc) is 3.61. The second kappa shape index (κ2) is 12.0. The number of nitrogens with one attached hydrogen (secondary N) is 1. The normalized spacial score (nSPS) is 18.6. The third-order valence-electron chi connectivity index (χ3n) is 7.00. The molecule has 200 valence electrons. The molecule has 2 atom stereocenters. The van der Waals surface area contributed by atoms with Crippen molar-refractivity contribution in [2.45, 2.75) is 38.3 Å². The zero-order valence-corrected chi connectivity index (χ0v) is 22.2. The van der Waals surface area contributed by atoms with Crippen molar-refractivity contribution in [2.24, 2.45) is 0 Å². The molecule has 9 heteroatoms. The van der Waals surface area contributed by atoms with Gasteiger partial charge in [0.05, 0.1) is 12.1 Å². The van der Waals surface area contributed by atoms with Crippen molar-refractivity contribution in [3.05, 3.63) is 81.8 Å². The summed E-state index contributed by atoms with van der Waals surface area (Å²) in [5.74, 6) is 0.0624. The van der Waals surface area contributed by atoms with E-state index in [0.29, 0.717) is 31.1 Å². The molecule has 0 aliphatic carbocycles. The number of benzene rings is 2. The fourth-order valence-corrected chi connectivity index (χ4v) is 5.86. The lowest BCUT2D eigenvalue weighted by Crippen LogP contribution is -2.50. The highest BCUT2D eigenvalue weighted by Crippen LogP contribution is 2.34. The molecule has 2 aliphatic rings. The predicted octanol–water partition coefficient (Wildman–Crippen LogP) is 5.41. The Kier molecular flexibility index (Phi) is 8.24. The largest absolute Gasteiger partial charge is 0.491 e. The van der Waals surface area contributed by atoms with Gasteiger partial charge >= 0.3 is 6.03 Å². The van der Waals surface area contributed by atoms with Crippen molar-refractivity contribution in [3.8, 4) is 5.75 Å². The van der Waals surface area contributed by atoms with Crippen LogP contribution in [0, 0.1) is 12.7 Å². The van der Waals surface area contributed by atoms with Crippen LogP contribution >= 0.6 is 11.3 Å². The number of anilines is 1. The van der Waals surface area contributed by atoms with Gasteiger partial charge in [-0.3, -0.25) is 4.79 Å². The zero-order chi connectivity index (χ0) is 26.5. The highest BCUT2D eigenvalue weighted by atomic mass is 32.1. The summed E-state index contributed by atoms with van der Waals surface area (Å²) in [5.41, 5.74) is 2.84. The Hall–Kier alpha value is -3.43. The number of hydrogen-bond acceptors (Lipinski definition) is 5. The Labute approximate surface area is 226 Å². The molecule has 3 amide bonds. The molecule has 7 nitrogen and oxygen atoms in total. The van der Waals surface area contributed by atoms with Crippen LogP contribution in [0.15, 0.2) is 60.0 Å². The number of aryl methyl sites for hydroxylation is 1. The molecule has 2 unspecified atom stereocenters. The first-order valence-corrected chi connectivity index (χ1v) is 13.8. The van der Waals surface area contributed by atoms with Gasteiger partial charge in [0.1, 0.15) is 24.7 Å². The lowest BCUT2D eigenvalue weighted by molar-refractivity contribution is -0.135. The molecule has 1 aromatic heterocycles. The summed E-state index contributed by atoms with van der Waals surface area (Å²) in [5, 5.41) is 4.96. The first-order valence-electron chi connectivity index (χ1n) is 12.9. The molecule has 0 saturated carbocycles. The highest BCUT2D eigenvalue weighted by molar-refractivity contribution is 7.10. The summed E-state index contributed by atoms with van der Waals surface area (Å²) in [6, 6.07) is 14.8. The van der Waals surface area contributed by atoms with Crippen LogP contribution < -0.4 is 10.1 Å². The van der Waals surface area contributed by atoms with Crippen LogP contribution in [-0.4, -0.2) is 60.7 Å². The lowest BCUT2D eigenvalue weighted by Gasteiger charge is -2.37. The maximum atomic E-state index is 13.7. The molecular formula is C29H32FN3O4S. The molecule has 2 aromatic carbocycles. The van der Waals surface area contributed by atoms with Crippen LogP contribution in [0.2, 0.25) is 0 Å². The predicted molar refractivity (Wildman–Crippen MR) is 145 cm³/mol. The van der Waals surface area contributed by atoms with Gasteiger partial charge in [0.15, 0.2) is 0 Å². The number of halogens is 1. The Bertz CT molecular complexity index is 1240. The van der Waals surface area contributed by atoms with E-state index in [2.05, 4.69) is 5.32 Å². The van der Waals surface area contributed by atoms with E-state index in [4.69, 9.17) is 9.47 Å². The molecule has 38 heavy (non-hydrogen) atoms. The monoisotopic (exact) mass is 537 g/mol. The highest BCUT2D eigenvalue weighted by Gasteiger charge is 2.34. The third kappa shape index (κ3) is 6.34. The molecular weight excluding hydrogens is 505 g/mol. The van der Waals surface area contributed by atoms with Crippen LogP contribution in [0.5, 0.6) is 5.75 Å². The second-order valence-electron chi connectivity index (χ2n) is 9.73. The standard InChI is InChI=1S/C29H32FN3O4S/c1-20-4-8-22(9-5-20)31-29(35)32(17-24-3-2-15-36-24)18-28(34)33-14-12-27-25(13-16-38-27)26(33)19-37-23-10-6-21(30)7-11-23/h4-11,13,16,24,26H,2-3,12,14-15,17-19H2,1H3,(H,31,35). The minimum Gasteiger partial charge on any atom is -0.491 e. The second-order valence-corrected chi connectivity index (χ2v) is 10.7. The van der Waals surface area contributed by atoms with Gasteiger partial charge in [-0.1, -0.05) is 17.7 Å². The van der Waals surface area contributed by atoms with Gasteiger partial charge in [-0.25, -0.2) is 9.18 Å². The van der Waals surface area contributed by atoms with Gasteiger partial charge in [-0.05, 0) is 79.6 Å². The topological polar surface area (TPSA) is 71.1 Å². The van der Waals surface area contributed by atoms with Gasteiger partial charge in [0.25, 0.3) is 0 Å². The van der Waals surface area contributed by atoms with Crippen molar-refractivity contribution in [3.63, 3.8) is 0 Å². The Morgan fingerprint density at radius 3 is 2.68 bits per heavy atom. The van der Waals surface area contributed by atoms with E-state index in [1.54, 1.807) is 33.3 Å². The first kappa shape index (κ1) is 26.2. The van der Waals surface area contributed by atoms with E-state index in [1.807, 2.05) is 42.6 Å². The van der Waals surface area contributed by atoms with E-state index < -0.39 is 0 Å². The van der Waals surface area contributed by atoms with Crippen molar-refractivity contribution in [1.29, 1.82) is 0 Å². The van der Waals surface area contributed by atoms with E-state index in [1.165, 1.54) is 17.0 Å². The lowest BCUT2D eigenvalue weighted by atomic mass is 10.0. The maximum Gasteiger partial charge on any atom is 0.322 e. The number of nitrogens with zero attached hydrogens (tertiary/aromatic N) is 2. The van der Waals surface area contributed by atoms with Crippen LogP contribution in [0.4, 0.5) is 14.9 Å². The molecule has 3 heterocycles. The SMILES string of the molecule is Cc1ccc(NC(=O)N(CC(=O)N2CCc3sccc3C2COc2ccc(F)cc2)CC2CCCO2)cc1. The van der Waals surface area contributed by atoms with Crippen LogP contribution in [0.3, 0.4) is 0 Å². The number of amides is 3. The number of thiophene rings is 1. The summed E-state index contributed by atoms with van der Waals surface area (Å²) in [4.78, 5) is 31.7. The van der Waals surface area contributed by atoms with Gasteiger partial charge in [0.2, 0.25) is 5.91 Å². The Balaban J connectivity index is 1.31. The van der Waals surface area contributed by atoms with E-state index >= 15 is 0 Å². The van der Waals surface area contributed by atoms with Gasteiger partial charge in [-0.15, -0.1) is 11.3 Å².